The first-order valence-corrected chi connectivity index (χ1v) is 12.4. The lowest BCUT2D eigenvalue weighted by Crippen LogP contribution is -2.26. The first-order chi connectivity index (χ1) is 17.7. The van der Waals surface area contributed by atoms with Gasteiger partial charge in [-0.05, 0) is 58.6 Å². The van der Waals surface area contributed by atoms with Gasteiger partial charge in [-0.3, -0.25) is 9.67 Å². The summed E-state index contributed by atoms with van der Waals surface area (Å²) in [5.41, 5.74) is 3.23. The topological polar surface area (TPSA) is 91.5 Å². The fourth-order valence-electron chi connectivity index (χ4n) is 4.84. The number of hydrogen-bond acceptors (Lipinski definition) is 7. The normalized spacial score (nSPS) is 22.5. The number of aryl methyl sites for hydroxylation is 2. The Morgan fingerprint density at radius 3 is 2.46 bits per heavy atom. The zero-order valence-corrected chi connectivity index (χ0v) is 20.7. The summed E-state index contributed by atoms with van der Waals surface area (Å²) in [5.74, 6) is 0.543. The zero-order chi connectivity index (χ0) is 25.9. The maximum Gasteiger partial charge on any atom is 0.433 e. The van der Waals surface area contributed by atoms with Crippen LogP contribution in [0.15, 0.2) is 30.7 Å². The second-order valence-electron chi connectivity index (χ2n) is 10.0. The van der Waals surface area contributed by atoms with Gasteiger partial charge in [0.05, 0.1) is 35.8 Å². The Hall–Kier alpha value is -3.47. The van der Waals surface area contributed by atoms with Crippen molar-refractivity contribution in [2.45, 2.75) is 76.8 Å². The highest BCUT2D eigenvalue weighted by Crippen LogP contribution is 2.41. The van der Waals surface area contributed by atoms with Crippen molar-refractivity contribution in [3.8, 4) is 11.3 Å². The molecular weight excluding hydrogens is 483 g/mol. The van der Waals surface area contributed by atoms with Gasteiger partial charge in [0.25, 0.3) is 0 Å². The van der Waals surface area contributed by atoms with Crippen molar-refractivity contribution >= 4 is 11.2 Å². The highest BCUT2D eigenvalue weighted by Gasteiger charge is 2.34. The van der Waals surface area contributed by atoms with E-state index < -0.39 is 11.9 Å². The maximum absolute atomic E-state index is 13.1. The minimum atomic E-state index is -4.52. The standard InChI is InChI=1S/C26H26F3N7O/c1-13-8-17(9-20(37-13)18-11-31-36(12-18)19-5-6-19)24-34-22(16-4-7-21(30-10-16)26(27,28)29)23-25(35-24)33-15(3)14(2)32-23/h4,7,10-13,17,19-20H,5-6,8-9H2,1-3H3/t13-,17+,20+/m0/s1. The Labute approximate surface area is 211 Å². The largest absolute Gasteiger partial charge is 0.433 e. The van der Waals surface area contributed by atoms with Crippen molar-refractivity contribution in [2.24, 2.45) is 0 Å². The van der Waals surface area contributed by atoms with E-state index in [1.807, 2.05) is 31.6 Å². The molecule has 0 spiro atoms. The molecule has 2 aliphatic rings. The zero-order valence-electron chi connectivity index (χ0n) is 20.7. The van der Waals surface area contributed by atoms with Gasteiger partial charge in [0.2, 0.25) is 0 Å². The van der Waals surface area contributed by atoms with E-state index >= 15 is 0 Å². The van der Waals surface area contributed by atoms with Crippen LogP contribution in [0.4, 0.5) is 13.2 Å². The van der Waals surface area contributed by atoms with Crippen LogP contribution in [0.5, 0.6) is 0 Å². The SMILES string of the molecule is Cc1nc2nc([C@@H]3C[C@H](C)O[C@@H](c4cnn(C5CC5)c4)C3)nc(-c3ccc(C(F)(F)F)nc3)c2nc1C. The van der Waals surface area contributed by atoms with Gasteiger partial charge >= 0.3 is 6.18 Å². The van der Waals surface area contributed by atoms with Crippen LogP contribution in [0, 0.1) is 13.8 Å². The average molecular weight is 510 g/mol. The second-order valence-corrected chi connectivity index (χ2v) is 10.0. The lowest BCUT2D eigenvalue weighted by Gasteiger charge is -2.33. The molecule has 5 heterocycles. The number of aromatic nitrogens is 7. The van der Waals surface area contributed by atoms with Crippen molar-refractivity contribution in [3.63, 3.8) is 0 Å². The minimum Gasteiger partial charge on any atom is -0.370 e. The van der Waals surface area contributed by atoms with Crippen LogP contribution in [0.2, 0.25) is 0 Å². The number of pyridine rings is 1. The van der Waals surface area contributed by atoms with Gasteiger partial charge in [0.1, 0.15) is 22.7 Å². The van der Waals surface area contributed by atoms with E-state index in [2.05, 4.69) is 26.2 Å². The molecule has 3 atom stereocenters. The molecule has 0 amide bonds. The molecule has 0 aromatic carbocycles. The Kier molecular flexibility index (Phi) is 5.70. The van der Waals surface area contributed by atoms with Gasteiger partial charge in [-0.15, -0.1) is 0 Å². The maximum atomic E-state index is 13.1. The average Bonchev–Trinajstić information content (AvgIpc) is 3.59. The summed E-state index contributed by atoms with van der Waals surface area (Å²) in [6.07, 6.45) is 4.09. The quantitative estimate of drug-likeness (QED) is 0.350. The number of halogens is 3. The van der Waals surface area contributed by atoms with Gasteiger partial charge < -0.3 is 4.74 Å². The van der Waals surface area contributed by atoms with Crippen molar-refractivity contribution < 1.29 is 17.9 Å². The molecule has 37 heavy (non-hydrogen) atoms. The molecule has 1 saturated heterocycles. The number of rotatable bonds is 4. The Morgan fingerprint density at radius 2 is 1.76 bits per heavy atom. The molecule has 0 unspecified atom stereocenters. The summed E-state index contributed by atoms with van der Waals surface area (Å²) >= 11 is 0. The molecule has 2 fully saturated rings. The Bertz CT molecular complexity index is 1460. The number of alkyl halides is 3. The van der Waals surface area contributed by atoms with Crippen LogP contribution in [-0.4, -0.2) is 40.8 Å². The van der Waals surface area contributed by atoms with Crippen LogP contribution >= 0.6 is 0 Å². The highest BCUT2D eigenvalue weighted by atomic mass is 19.4. The summed E-state index contributed by atoms with van der Waals surface area (Å²) in [6, 6.07) is 2.82. The molecule has 1 aliphatic heterocycles. The third-order valence-electron chi connectivity index (χ3n) is 7.08. The molecule has 4 aromatic rings. The van der Waals surface area contributed by atoms with Crippen LogP contribution in [-0.2, 0) is 10.9 Å². The van der Waals surface area contributed by atoms with Crippen LogP contribution in [0.3, 0.4) is 0 Å². The number of fused-ring (bicyclic) bond motifs is 1. The van der Waals surface area contributed by atoms with E-state index in [4.69, 9.17) is 14.7 Å². The molecule has 6 rings (SSSR count). The first-order valence-electron chi connectivity index (χ1n) is 12.4. The van der Waals surface area contributed by atoms with Gasteiger partial charge in [-0.2, -0.15) is 18.3 Å². The predicted octanol–water partition coefficient (Wildman–Crippen LogP) is 5.67. The van der Waals surface area contributed by atoms with E-state index in [9.17, 15) is 13.2 Å². The van der Waals surface area contributed by atoms with Crippen molar-refractivity contribution in [1.82, 2.24) is 34.7 Å². The highest BCUT2D eigenvalue weighted by molar-refractivity contribution is 5.86. The summed E-state index contributed by atoms with van der Waals surface area (Å²) in [6.45, 7) is 5.71. The van der Waals surface area contributed by atoms with Crippen molar-refractivity contribution in [2.75, 3.05) is 0 Å². The van der Waals surface area contributed by atoms with Crippen molar-refractivity contribution in [1.29, 1.82) is 0 Å². The first kappa shape index (κ1) is 23.9. The molecule has 1 aliphatic carbocycles. The van der Waals surface area contributed by atoms with Gasteiger partial charge in [-0.25, -0.2) is 19.9 Å². The van der Waals surface area contributed by atoms with Crippen molar-refractivity contribution in [3.05, 3.63) is 59.2 Å². The number of hydrogen-bond donors (Lipinski definition) is 0. The third-order valence-corrected chi connectivity index (χ3v) is 7.08. The van der Waals surface area contributed by atoms with Gasteiger partial charge in [0.15, 0.2) is 5.65 Å². The lowest BCUT2D eigenvalue weighted by atomic mass is 9.89. The fraction of sp³-hybridized carbons (Fsp3) is 0.462. The summed E-state index contributed by atoms with van der Waals surface area (Å²) in [4.78, 5) is 22.6. The molecule has 8 nitrogen and oxygen atoms in total. The predicted molar refractivity (Wildman–Crippen MR) is 129 cm³/mol. The van der Waals surface area contributed by atoms with E-state index in [0.717, 1.165) is 30.2 Å². The Balaban J connectivity index is 1.40. The summed E-state index contributed by atoms with van der Waals surface area (Å²) in [5, 5.41) is 4.51. The van der Waals surface area contributed by atoms with Gasteiger partial charge in [0, 0.05) is 29.4 Å². The summed E-state index contributed by atoms with van der Waals surface area (Å²) < 4.78 is 47.6. The second kappa shape index (κ2) is 8.83. The number of ether oxygens (including phenoxy) is 1. The van der Waals surface area contributed by atoms with Crippen LogP contribution in [0.25, 0.3) is 22.4 Å². The number of nitrogens with zero attached hydrogens (tertiary/aromatic N) is 7. The van der Waals surface area contributed by atoms with E-state index in [0.29, 0.717) is 52.8 Å². The fourth-order valence-corrected chi connectivity index (χ4v) is 4.84. The van der Waals surface area contributed by atoms with E-state index in [-0.39, 0.29) is 18.1 Å². The lowest BCUT2D eigenvalue weighted by molar-refractivity contribution is -0.141. The molecule has 0 radical (unpaired) electrons. The summed E-state index contributed by atoms with van der Waals surface area (Å²) in [7, 11) is 0. The smallest absolute Gasteiger partial charge is 0.370 e. The minimum absolute atomic E-state index is 0.0330. The third kappa shape index (κ3) is 4.68. The molecule has 0 bridgehead atoms. The van der Waals surface area contributed by atoms with Crippen LogP contribution < -0.4 is 0 Å². The molecule has 1 saturated carbocycles. The van der Waals surface area contributed by atoms with Crippen LogP contribution in [0.1, 0.15) is 79.1 Å². The molecule has 0 N–H and O–H groups in total. The van der Waals surface area contributed by atoms with Gasteiger partial charge in [-0.1, -0.05) is 0 Å². The monoisotopic (exact) mass is 509 g/mol. The molecular formula is C26H26F3N7O. The molecule has 192 valence electrons. The van der Waals surface area contributed by atoms with E-state index in [1.165, 1.54) is 12.3 Å². The molecule has 4 aromatic heterocycles. The molecule has 11 heteroatoms. The van der Waals surface area contributed by atoms with E-state index in [1.54, 1.807) is 0 Å². The Morgan fingerprint density at radius 1 is 0.973 bits per heavy atom.